The summed E-state index contributed by atoms with van der Waals surface area (Å²) < 4.78 is 22.6. The van der Waals surface area contributed by atoms with Crippen LogP contribution in [0.5, 0.6) is 0 Å². The van der Waals surface area contributed by atoms with Crippen LogP contribution in [0.25, 0.3) is 84.5 Å². The SMILES string of the molecule is Fc1ccc(Nc2nc(Nc3ccc4[nH]ncc4c3)c3sccc3n2)cc1.OCCNc1nc(Nc2ccc3[nH]ncc3c2)c2sccc2n1.c1cc2nc(NC3CCC3)nc(Nc3ccc4[nH]ncc4c3)c2s1.c1cc2nc(NCCCN3CCOCC3)nc(Nc3ccc4[nH]ncc4c3)c2s1. The Morgan fingerprint density at radius 2 is 0.816 bits per heavy atom. The zero-order valence-corrected chi connectivity index (χ0v) is 58.2. The third kappa shape index (κ3) is 15.8. The first-order valence-electron chi connectivity index (χ1n) is 33.3. The molecule has 13 heterocycles. The quantitative estimate of drug-likeness (QED) is 0.0315. The van der Waals surface area contributed by atoms with Crippen molar-refractivity contribution < 1.29 is 14.2 Å². The molecule has 0 bridgehead atoms. The summed E-state index contributed by atoms with van der Waals surface area (Å²) in [5.74, 6) is 5.14. The van der Waals surface area contributed by atoms with Gasteiger partial charge in [-0.05, 0) is 175 Å². The third-order valence-electron chi connectivity index (χ3n) is 17.0. The van der Waals surface area contributed by atoms with Crippen LogP contribution in [0, 0.1) is 5.82 Å². The minimum absolute atomic E-state index is 0.0327. The first-order chi connectivity index (χ1) is 50.8. The van der Waals surface area contributed by atoms with Gasteiger partial charge in [0.15, 0.2) is 23.3 Å². The maximum absolute atomic E-state index is 13.1. The second-order valence-corrected chi connectivity index (χ2v) is 27.8. The standard InChI is InChI=1S/C20H23N7OS.C19H13FN6S.C17H16N6S.C15H14N6OS/c1(6-27-7-9-28-10-8-27)5-21-20-24-17-4-11-29-18(17)19(25-20)23-15-2-3-16-14(12-15)13-22-26-16;20-12-1-3-13(4-2-12)23-19-24-16-7-8-27-17(16)18(25-19)22-14-5-6-15-11(9-14)10-21-26-15;1-2-11(3-1)20-17-21-14-6-7-24-15(14)16(22-17)19-12-4-5-13-10(8-12)9-18-23-13;22-5-4-16-15-19-12-3-6-23-13(12)14(20-15)18-10-1-2-11-9(7-10)8-17-21-11/h2-4,11-13H,1,5-10H2,(H,22,26)(H2,21,23,24,25);1-10H,(H,21,26)(H2,22,23,24,25);4-9,11H,1-3H2,(H,18,23)(H2,19,20,21,22);1-3,6-8,22H,4-5H2,(H,17,21)(H2,16,18,19,20). The molecule has 0 amide bonds. The molecule has 13 N–H and O–H groups in total. The van der Waals surface area contributed by atoms with Gasteiger partial charge < -0.3 is 52.4 Å². The highest BCUT2D eigenvalue weighted by Crippen LogP contribution is 2.36. The van der Waals surface area contributed by atoms with Crippen molar-refractivity contribution in [1.82, 2.24) is 85.6 Å². The number of fused-ring (bicyclic) bond motifs is 8. The number of hydrogen-bond donors (Lipinski definition) is 13. The largest absolute Gasteiger partial charge is 0.395 e. The van der Waals surface area contributed by atoms with Gasteiger partial charge in [0, 0.05) is 82.2 Å². The molecule has 1 saturated heterocycles. The van der Waals surface area contributed by atoms with Crippen molar-refractivity contribution in [3.8, 4) is 0 Å². The van der Waals surface area contributed by atoms with E-state index in [2.05, 4.69) is 136 Å². The minimum Gasteiger partial charge on any atom is -0.395 e. The van der Waals surface area contributed by atoms with Crippen molar-refractivity contribution in [2.45, 2.75) is 31.7 Å². The van der Waals surface area contributed by atoms with Crippen LogP contribution < -0.4 is 42.5 Å². The summed E-state index contributed by atoms with van der Waals surface area (Å²) in [4.78, 5) is 39.3. The first-order valence-corrected chi connectivity index (χ1v) is 36.8. The van der Waals surface area contributed by atoms with Crippen molar-refractivity contribution in [1.29, 1.82) is 0 Å². The van der Waals surface area contributed by atoms with E-state index in [4.69, 9.17) is 19.8 Å². The second kappa shape index (κ2) is 30.7. The van der Waals surface area contributed by atoms with Gasteiger partial charge in [0.2, 0.25) is 23.8 Å². The van der Waals surface area contributed by atoms with Gasteiger partial charge in [0.1, 0.15) is 5.82 Å². The fourth-order valence-electron chi connectivity index (χ4n) is 11.6. The topological polar surface area (TPSA) is 347 Å². The van der Waals surface area contributed by atoms with E-state index in [1.54, 1.807) is 69.9 Å². The smallest absolute Gasteiger partial charge is 0.229 e. The average Bonchev–Trinajstić information content (AvgIpc) is 1.78. The van der Waals surface area contributed by atoms with Gasteiger partial charge in [-0.3, -0.25) is 25.3 Å². The van der Waals surface area contributed by atoms with Gasteiger partial charge >= 0.3 is 0 Å². The highest BCUT2D eigenvalue weighted by atomic mass is 32.1. The summed E-state index contributed by atoms with van der Waals surface area (Å²) in [6, 6.07) is 38.7. The van der Waals surface area contributed by atoms with Crippen molar-refractivity contribution >= 4 is 205 Å². The van der Waals surface area contributed by atoms with E-state index < -0.39 is 0 Å². The molecule has 0 radical (unpaired) electrons. The number of nitrogens with zero attached hydrogens (tertiary/aromatic N) is 13. The lowest BCUT2D eigenvalue weighted by molar-refractivity contribution is 0.0378. The number of aromatic nitrogens is 16. The molecule has 0 spiro atoms. The molecule has 0 unspecified atom stereocenters. The lowest BCUT2D eigenvalue weighted by atomic mass is 9.93. The van der Waals surface area contributed by atoms with E-state index in [1.807, 2.05) is 113 Å². The molecule has 518 valence electrons. The molecular weight excluding hydrogens is 1380 g/mol. The Balaban J connectivity index is 0.000000106. The molecule has 2 fully saturated rings. The predicted molar refractivity (Wildman–Crippen MR) is 414 cm³/mol. The average molecular weight is 1450 g/mol. The van der Waals surface area contributed by atoms with Crippen molar-refractivity contribution in [2.75, 3.05) is 95.1 Å². The van der Waals surface area contributed by atoms with Crippen LogP contribution in [0.4, 0.5) is 79.9 Å². The van der Waals surface area contributed by atoms with Crippen LogP contribution in [0.15, 0.2) is 168 Å². The number of halogens is 1. The Morgan fingerprint density at radius 1 is 0.437 bits per heavy atom. The number of H-pyrrole nitrogens is 4. The zero-order chi connectivity index (χ0) is 69.3. The number of aliphatic hydroxyl groups is 1. The lowest BCUT2D eigenvalue weighted by Gasteiger charge is -2.26. The normalized spacial score (nSPS) is 13.1. The van der Waals surface area contributed by atoms with Crippen LogP contribution in [0.1, 0.15) is 25.7 Å². The Morgan fingerprint density at radius 3 is 1.22 bits per heavy atom. The zero-order valence-electron chi connectivity index (χ0n) is 54.9. The summed E-state index contributed by atoms with van der Waals surface area (Å²) >= 11 is 6.45. The monoisotopic (exact) mass is 1450 g/mol. The molecule has 1 aliphatic carbocycles. The van der Waals surface area contributed by atoms with E-state index in [-0.39, 0.29) is 12.4 Å². The van der Waals surface area contributed by atoms with Gasteiger partial charge in [-0.15, -0.1) is 45.3 Å². The van der Waals surface area contributed by atoms with E-state index in [0.29, 0.717) is 42.2 Å². The molecule has 103 heavy (non-hydrogen) atoms. The number of anilines is 13. The summed E-state index contributed by atoms with van der Waals surface area (Å²) in [7, 11) is 0. The molecule has 17 aromatic rings. The van der Waals surface area contributed by atoms with Crippen LogP contribution in [-0.2, 0) is 4.74 Å². The number of rotatable bonds is 20. The molecule has 1 aliphatic heterocycles. The van der Waals surface area contributed by atoms with Gasteiger partial charge in [-0.1, -0.05) is 0 Å². The van der Waals surface area contributed by atoms with E-state index in [1.165, 1.54) is 31.4 Å². The van der Waals surface area contributed by atoms with Crippen molar-refractivity contribution in [3.05, 3.63) is 173 Å². The van der Waals surface area contributed by atoms with E-state index >= 15 is 0 Å². The molecule has 12 aromatic heterocycles. The van der Waals surface area contributed by atoms with Crippen LogP contribution in [0.3, 0.4) is 0 Å². The molecular formula is C71H66FN25O2S4. The maximum Gasteiger partial charge on any atom is 0.229 e. The number of nitrogens with one attached hydrogen (secondary N) is 12. The molecule has 19 rings (SSSR count). The highest BCUT2D eigenvalue weighted by molar-refractivity contribution is 7.18. The summed E-state index contributed by atoms with van der Waals surface area (Å²) in [5.41, 5.74) is 12.2. The van der Waals surface area contributed by atoms with Gasteiger partial charge in [-0.2, -0.15) is 40.3 Å². The van der Waals surface area contributed by atoms with Crippen molar-refractivity contribution in [3.63, 3.8) is 0 Å². The van der Waals surface area contributed by atoms with E-state index in [9.17, 15) is 4.39 Å². The number of benzene rings is 5. The van der Waals surface area contributed by atoms with Crippen molar-refractivity contribution in [2.24, 2.45) is 0 Å². The number of morpholine rings is 1. The summed E-state index contributed by atoms with van der Waals surface area (Å²) in [6.07, 6.45) is 11.9. The Hall–Kier alpha value is -11.7. The number of thiophene rings is 4. The molecule has 32 heteroatoms. The number of hydrogen-bond acceptors (Lipinski definition) is 27. The number of aromatic amines is 4. The second-order valence-electron chi connectivity index (χ2n) is 24.1. The van der Waals surface area contributed by atoms with Gasteiger partial charge in [0.05, 0.1) is 108 Å². The van der Waals surface area contributed by atoms with Gasteiger partial charge in [0.25, 0.3) is 0 Å². The molecule has 2 aliphatic rings. The first kappa shape index (κ1) is 65.9. The predicted octanol–water partition coefficient (Wildman–Crippen LogP) is 15.6. The number of aliphatic hydroxyl groups excluding tert-OH is 1. The van der Waals surface area contributed by atoms with Crippen LogP contribution in [-0.4, -0.2) is 149 Å². The van der Waals surface area contributed by atoms with Crippen LogP contribution in [0.2, 0.25) is 0 Å². The molecule has 5 aromatic carbocycles. The third-order valence-corrected chi connectivity index (χ3v) is 20.6. The molecule has 0 atom stereocenters. The molecule has 1 saturated carbocycles. The highest BCUT2D eigenvalue weighted by Gasteiger charge is 2.21. The lowest BCUT2D eigenvalue weighted by Crippen LogP contribution is -2.37. The maximum atomic E-state index is 13.1. The van der Waals surface area contributed by atoms with E-state index in [0.717, 1.165) is 176 Å². The Labute approximate surface area is 601 Å². The fourth-order valence-corrected chi connectivity index (χ4v) is 14.7. The summed E-state index contributed by atoms with van der Waals surface area (Å²) in [5, 5.41) is 75.8. The summed E-state index contributed by atoms with van der Waals surface area (Å²) in [6.45, 7) is 6.07. The van der Waals surface area contributed by atoms with Crippen LogP contribution >= 0.6 is 45.3 Å². The Kier molecular flexibility index (Phi) is 19.6. The van der Waals surface area contributed by atoms with Gasteiger partial charge in [-0.25, -0.2) is 24.3 Å². The number of ether oxygens (including phenoxy) is 1. The fraction of sp³-hybridized carbons (Fsp3) is 0.183. The minimum atomic E-state index is -0.285. The Bertz CT molecular complexity index is 5720. The molecule has 27 nitrogen and oxygen atoms in total.